The average molecular weight is 292 g/mol. The van der Waals surface area contributed by atoms with Gasteiger partial charge in [-0.05, 0) is 37.8 Å². The average Bonchev–Trinajstić information content (AvgIpc) is 3.13. The third kappa shape index (κ3) is 2.96. The lowest BCUT2D eigenvalue weighted by Gasteiger charge is -2.31. The Morgan fingerprint density at radius 3 is 2.67 bits per heavy atom. The summed E-state index contributed by atoms with van der Waals surface area (Å²) in [5.74, 6) is -0.908. The number of carboxylic acid groups (broad SMARTS) is 1. The summed E-state index contributed by atoms with van der Waals surface area (Å²) >= 11 is 0. The number of hydrogen-bond donors (Lipinski definition) is 2. The summed E-state index contributed by atoms with van der Waals surface area (Å²) in [4.78, 5) is 29.2. The number of aromatic nitrogens is 1. The van der Waals surface area contributed by atoms with Gasteiger partial charge >= 0.3 is 5.97 Å². The van der Waals surface area contributed by atoms with E-state index in [1.807, 2.05) is 37.1 Å². The standard InChI is InChI=1S/C16H24N2O3/c1-3-16(4-2,15(20)21)11-14(19)18-10-6-8-13(18)12-7-5-9-17-12/h5,7,9,13,17H,3-4,6,8,10-11H2,1-2H3,(H,20,21). The number of amides is 1. The van der Waals surface area contributed by atoms with Crippen LogP contribution in [0.3, 0.4) is 0 Å². The van der Waals surface area contributed by atoms with Gasteiger partial charge in [-0.25, -0.2) is 0 Å². The third-order valence-corrected chi connectivity index (χ3v) is 4.85. The van der Waals surface area contributed by atoms with Crippen molar-refractivity contribution in [2.24, 2.45) is 5.41 Å². The summed E-state index contributed by atoms with van der Waals surface area (Å²) in [6.45, 7) is 4.40. The maximum atomic E-state index is 12.6. The Kier molecular flexibility index (Phi) is 4.70. The molecule has 5 heteroatoms. The van der Waals surface area contributed by atoms with Gasteiger partial charge in [0.25, 0.3) is 0 Å². The maximum absolute atomic E-state index is 12.6. The van der Waals surface area contributed by atoms with Crippen LogP contribution in [0.25, 0.3) is 0 Å². The Hall–Kier alpha value is -1.78. The normalized spacial score (nSPS) is 19.0. The fourth-order valence-electron chi connectivity index (χ4n) is 3.21. The molecule has 1 aromatic heterocycles. The first-order chi connectivity index (χ1) is 10.0. The van der Waals surface area contributed by atoms with Crippen molar-refractivity contribution in [3.63, 3.8) is 0 Å². The van der Waals surface area contributed by atoms with Crippen molar-refractivity contribution in [2.75, 3.05) is 6.54 Å². The van der Waals surface area contributed by atoms with Crippen LogP contribution in [0.5, 0.6) is 0 Å². The van der Waals surface area contributed by atoms with Crippen molar-refractivity contribution in [1.82, 2.24) is 9.88 Å². The van der Waals surface area contributed by atoms with Crippen LogP contribution < -0.4 is 0 Å². The number of rotatable bonds is 6. The van der Waals surface area contributed by atoms with E-state index >= 15 is 0 Å². The zero-order valence-corrected chi connectivity index (χ0v) is 12.8. The molecule has 5 nitrogen and oxygen atoms in total. The molecule has 0 aliphatic carbocycles. The molecule has 2 rings (SSSR count). The zero-order chi connectivity index (χ0) is 15.5. The second-order valence-electron chi connectivity index (χ2n) is 5.84. The zero-order valence-electron chi connectivity index (χ0n) is 12.8. The number of H-pyrrole nitrogens is 1. The van der Waals surface area contributed by atoms with Crippen LogP contribution in [0.1, 0.15) is 57.7 Å². The number of hydrogen-bond acceptors (Lipinski definition) is 2. The highest BCUT2D eigenvalue weighted by atomic mass is 16.4. The highest BCUT2D eigenvalue weighted by Gasteiger charge is 2.40. The monoisotopic (exact) mass is 292 g/mol. The number of carbonyl (C=O) groups excluding carboxylic acids is 1. The largest absolute Gasteiger partial charge is 0.481 e. The van der Waals surface area contributed by atoms with Gasteiger partial charge in [0.1, 0.15) is 0 Å². The smallest absolute Gasteiger partial charge is 0.310 e. The molecule has 1 aromatic rings. The van der Waals surface area contributed by atoms with E-state index in [0.29, 0.717) is 19.4 Å². The predicted molar refractivity (Wildman–Crippen MR) is 79.7 cm³/mol. The van der Waals surface area contributed by atoms with Gasteiger partial charge in [0.05, 0.1) is 11.5 Å². The van der Waals surface area contributed by atoms with E-state index in [9.17, 15) is 14.7 Å². The summed E-state index contributed by atoms with van der Waals surface area (Å²) in [5.41, 5.74) is 0.106. The Balaban J connectivity index is 2.14. The number of aliphatic carboxylic acids is 1. The van der Waals surface area contributed by atoms with Crippen molar-refractivity contribution in [2.45, 2.75) is 52.0 Å². The molecule has 2 N–H and O–H groups in total. The molecule has 1 aliphatic heterocycles. The molecule has 0 saturated carbocycles. The minimum atomic E-state index is -0.931. The third-order valence-electron chi connectivity index (χ3n) is 4.85. The molecule has 21 heavy (non-hydrogen) atoms. The van der Waals surface area contributed by atoms with Gasteiger partial charge in [-0.1, -0.05) is 13.8 Å². The summed E-state index contributed by atoms with van der Waals surface area (Å²) in [7, 11) is 0. The molecule has 1 atom stereocenters. The van der Waals surface area contributed by atoms with Crippen molar-refractivity contribution in [1.29, 1.82) is 0 Å². The predicted octanol–water partition coefficient (Wildman–Crippen LogP) is 2.96. The van der Waals surface area contributed by atoms with Crippen LogP contribution in [0.2, 0.25) is 0 Å². The first kappa shape index (κ1) is 15.6. The first-order valence-electron chi connectivity index (χ1n) is 7.70. The molecule has 0 radical (unpaired) electrons. The van der Waals surface area contributed by atoms with Crippen LogP contribution in [0.4, 0.5) is 0 Å². The lowest BCUT2D eigenvalue weighted by atomic mass is 9.79. The Bertz CT molecular complexity index is 492. The molecule has 116 valence electrons. The first-order valence-corrected chi connectivity index (χ1v) is 7.70. The Morgan fingerprint density at radius 1 is 1.43 bits per heavy atom. The van der Waals surface area contributed by atoms with Crippen LogP contribution in [0, 0.1) is 5.41 Å². The van der Waals surface area contributed by atoms with E-state index in [0.717, 1.165) is 18.5 Å². The van der Waals surface area contributed by atoms with E-state index < -0.39 is 11.4 Å². The fraction of sp³-hybridized carbons (Fsp3) is 0.625. The number of carbonyl (C=O) groups is 2. The number of carboxylic acids is 1. The number of aromatic amines is 1. The lowest BCUT2D eigenvalue weighted by molar-refractivity contribution is -0.154. The van der Waals surface area contributed by atoms with Gasteiger partial charge in [-0.15, -0.1) is 0 Å². The molecular weight excluding hydrogens is 268 g/mol. The number of likely N-dealkylation sites (tertiary alicyclic amines) is 1. The highest BCUT2D eigenvalue weighted by Crippen LogP contribution is 2.36. The van der Waals surface area contributed by atoms with Crippen molar-refractivity contribution in [3.05, 3.63) is 24.0 Å². The minimum Gasteiger partial charge on any atom is -0.481 e. The van der Waals surface area contributed by atoms with E-state index in [1.165, 1.54) is 0 Å². The SMILES string of the molecule is CCC(CC)(CC(=O)N1CCCC1c1ccc[nH]1)C(=O)O. The minimum absolute atomic E-state index is 0.0433. The van der Waals surface area contributed by atoms with Crippen LogP contribution in [-0.4, -0.2) is 33.4 Å². The van der Waals surface area contributed by atoms with Crippen LogP contribution in [-0.2, 0) is 9.59 Å². The van der Waals surface area contributed by atoms with Gasteiger partial charge in [-0.3, -0.25) is 9.59 Å². The van der Waals surface area contributed by atoms with E-state index in [1.54, 1.807) is 0 Å². The lowest BCUT2D eigenvalue weighted by Crippen LogP contribution is -2.39. The molecule has 2 heterocycles. The number of nitrogens with one attached hydrogen (secondary N) is 1. The molecule has 0 aromatic carbocycles. The quantitative estimate of drug-likeness (QED) is 0.846. The van der Waals surface area contributed by atoms with Crippen molar-refractivity contribution < 1.29 is 14.7 Å². The fourth-order valence-corrected chi connectivity index (χ4v) is 3.21. The molecule has 1 unspecified atom stereocenters. The van der Waals surface area contributed by atoms with Gasteiger partial charge in [-0.2, -0.15) is 0 Å². The molecule has 1 saturated heterocycles. The summed E-state index contributed by atoms with van der Waals surface area (Å²) in [6.07, 6.45) is 4.80. The summed E-state index contributed by atoms with van der Waals surface area (Å²) in [6, 6.07) is 3.98. The Labute approximate surface area is 125 Å². The van der Waals surface area contributed by atoms with E-state index in [-0.39, 0.29) is 18.4 Å². The second-order valence-corrected chi connectivity index (χ2v) is 5.84. The topological polar surface area (TPSA) is 73.4 Å². The van der Waals surface area contributed by atoms with Crippen LogP contribution in [0.15, 0.2) is 18.3 Å². The molecular formula is C16H24N2O3. The van der Waals surface area contributed by atoms with Crippen molar-refractivity contribution in [3.8, 4) is 0 Å². The van der Waals surface area contributed by atoms with Crippen molar-refractivity contribution >= 4 is 11.9 Å². The van der Waals surface area contributed by atoms with Gasteiger partial charge in [0, 0.05) is 24.9 Å². The van der Waals surface area contributed by atoms with Gasteiger partial charge < -0.3 is 15.0 Å². The second kappa shape index (κ2) is 6.33. The Morgan fingerprint density at radius 2 is 2.14 bits per heavy atom. The summed E-state index contributed by atoms with van der Waals surface area (Å²) in [5, 5.41) is 9.49. The number of nitrogens with zero attached hydrogens (tertiary/aromatic N) is 1. The molecule has 1 amide bonds. The van der Waals surface area contributed by atoms with Crippen LogP contribution >= 0.6 is 0 Å². The molecule has 0 bridgehead atoms. The maximum Gasteiger partial charge on any atom is 0.310 e. The summed E-state index contributed by atoms with van der Waals surface area (Å²) < 4.78 is 0. The highest BCUT2D eigenvalue weighted by molar-refractivity contribution is 5.85. The molecule has 1 aliphatic rings. The van der Waals surface area contributed by atoms with Gasteiger partial charge in [0.2, 0.25) is 5.91 Å². The molecule has 0 spiro atoms. The van der Waals surface area contributed by atoms with Gasteiger partial charge in [0.15, 0.2) is 0 Å². The molecule has 1 fully saturated rings. The van der Waals surface area contributed by atoms with E-state index in [4.69, 9.17) is 0 Å². The van der Waals surface area contributed by atoms with E-state index in [2.05, 4.69) is 4.98 Å².